The van der Waals surface area contributed by atoms with Crippen LogP contribution in [-0.4, -0.2) is 32.7 Å². The van der Waals surface area contributed by atoms with Crippen molar-refractivity contribution in [3.8, 4) is 5.75 Å². The average molecular weight is 273 g/mol. The summed E-state index contributed by atoms with van der Waals surface area (Å²) in [5.74, 6) is 0.765. The van der Waals surface area contributed by atoms with Gasteiger partial charge in [0, 0.05) is 18.2 Å². The third kappa shape index (κ3) is 5.38. The molecule has 0 heterocycles. The molecular formula is C13H21ClN2O2. The number of hydrogen-bond acceptors (Lipinski definition) is 3. The fraction of sp³-hybridized carbons (Fsp3) is 0.462. The van der Waals surface area contributed by atoms with E-state index in [9.17, 15) is 4.79 Å². The van der Waals surface area contributed by atoms with Crippen LogP contribution in [0.5, 0.6) is 5.75 Å². The van der Waals surface area contributed by atoms with Crippen molar-refractivity contribution in [1.29, 1.82) is 0 Å². The van der Waals surface area contributed by atoms with Gasteiger partial charge in [-0.15, -0.1) is 12.4 Å². The van der Waals surface area contributed by atoms with Gasteiger partial charge >= 0.3 is 0 Å². The molecule has 4 nitrogen and oxygen atoms in total. The fourth-order valence-electron chi connectivity index (χ4n) is 1.45. The van der Waals surface area contributed by atoms with Crippen molar-refractivity contribution in [3.63, 3.8) is 0 Å². The van der Waals surface area contributed by atoms with Crippen molar-refractivity contribution in [3.05, 3.63) is 29.8 Å². The first-order valence-electron chi connectivity index (χ1n) is 5.73. The Hall–Kier alpha value is -1.26. The second-order valence-corrected chi connectivity index (χ2v) is 3.98. The fourth-order valence-corrected chi connectivity index (χ4v) is 1.45. The van der Waals surface area contributed by atoms with Gasteiger partial charge in [-0.25, -0.2) is 0 Å². The molecule has 0 saturated carbocycles. The summed E-state index contributed by atoms with van der Waals surface area (Å²) in [7, 11) is 3.48. The van der Waals surface area contributed by atoms with E-state index in [-0.39, 0.29) is 24.4 Å². The number of amides is 1. The number of rotatable bonds is 6. The van der Waals surface area contributed by atoms with E-state index in [1.807, 2.05) is 38.2 Å². The summed E-state index contributed by atoms with van der Waals surface area (Å²) in [6.45, 7) is 2.65. The Bertz CT molecular complexity index is 372. The molecule has 0 fully saturated rings. The second kappa shape index (κ2) is 8.78. The topological polar surface area (TPSA) is 50.4 Å². The van der Waals surface area contributed by atoms with Crippen LogP contribution in [0.1, 0.15) is 12.5 Å². The maximum atomic E-state index is 11.7. The van der Waals surface area contributed by atoms with Gasteiger partial charge in [-0.05, 0) is 20.0 Å². The number of para-hydroxylation sites is 1. The van der Waals surface area contributed by atoms with Gasteiger partial charge in [0.15, 0.2) is 0 Å². The van der Waals surface area contributed by atoms with Crippen LogP contribution in [0.15, 0.2) is 24.3 Å². The molecule has 0 aliphatic carbocycles. The Morgan fingerprint density at radius 3 is 2.67 bits per heavy atom. The lowest BCUT2D eigenvalue weighted by Gasteiger charge is -2.12. The molecule has 102 valence electrons. The number of benzene rings is 1. The van der Waals surface area contributed by atoms with Crippen LogP contribution in [0.2, 0.25) is 0 Å². The quantitative estimate of drug-likeness (QED) is 0.823. The molecule has 1 rings (SSSR count). The third-order valence-electron chi connectivity index (χ3n) is 2.64. The highest BCUT2D eigenvalue weighted by Gasteiger charge is 2.08. The lowest BCUT2D eigenvalue weighted by atomic mass is 10.1. The molecular weight excluding hydrogens is 252 g/mol. The van der Waals surface area contributed by atoms with E-state index in [4.69, 9.17) is 4.74 Å². The second-order valence-electron chi connectivity index (χ2n) is 3.98. The molecule has 0 aromatic heterocycles. The van der Waals surface area contributed by atoms with Gasteiger partial charge in [0.25, 0.3) is 0 Å². The van der Waals surface area contributed by atoms with Crippen molar-refractivity contribution < 1.29 is 9.53 Å². The molecule has 2 N–H and O–H groups in total. The predicted molar refractivity (Wildman–Crippen MR) is 75.5 cm³/mol. The van der Waals surface area contributed by atoms with Gasteiger partial charge in [0.2, 0.25) is 5.91 Å². The Morgan fingerprint density at radius 2 is 2.06 bits per heavy atom. The first-order valence-corrected chi connectivity index (χ1v) is 5.73. The minimum Gasteiger partial charge on any atom is -0.496 e. The molecule has 1 aromatic carbocycles. The number of likely N-dealkylation sites (N-methyl/N-ethyl adjacent to an activating group) is 1. The summed E-state index contributed by atoms with van der Waals surface area (Å²) in [4.78, 5) is 11.7. The minimum absolute atomic E-state index is 0. The first kappa shape index (κ1) is 16.7. The molecule has 0 saturated heterocycles. The standard InChI is InChI=1S/C13H20N2O2.ClH/c1-10(14-2)9-15-13(16)8-11-6-4-5-7-12(11)17-3;/h4-7,10,14H,8-9H2,1-3H3,(H,15,16);1H. The average Bonchev–Trinajstić information content (AvgIpc) is 2.36. The number of carbonyl (C=O) groups excluding carboxylic acids is 1. The number of ether oxygens (including phenoxy) is 1. The van der Waals surface area contributed by atoms with Crippen molar-refractivity contribution >= 4 is 18.3 Å². The monoisotopic (exact) mass is 272 g/mol. The van der Waals surface area contributed by atoms with Gasteiger partial charge in [-0.1, -0.05) is 18.2 Å². The van der Waals surface area contributed by atoms with Crippen LogP contribution < -0.4 is 15.4 Å². The molecule has 5 heteroatoms. The SMILES string of the molecule is CNC(C)CNC(=O)Cc1ccccc1OC.Cl. The van der Waals surface area contributed by atoms with Crippen molar-refractivity contribution in [2.24, 2.45) is 0 Å². The van der Waals surface area contributed by atoms with Crippen LogP contribution in [0.3, 0.4) is 0 Å². The van der Waals surface area contributed by atoms with E-state index < -0.39 is 0 Å². The molecule has 0 bridgehead atoms. The summed E-state index contributed by atoms with van der Waals surface area (Å²) in [5.41, 5.74) is 0.907. The van der Waals surface area contributed by atoms with Gasteiger partial charge in [0.05, 0.1) is 13.5 Å². The zero-order valence-corrected chi connectivity index (χ0v) is 11.8. The van der Waals surface area contributed by atoms with Crippen molar-refractivity contribution in [2.75, 3.05) is 20.7 Å². The molecule has 0 aliphatic rings. The summed E-state index contributed by atoms with van der Waals surface area (Å²) >= 11 is 0. The van der Waals surface area contributed by atoms with E-state index in [2.05, 4.69) is 10.6 Å². The molecule has 0 aliphatic heterocycles. The summed E-state index contributed by atoms with van der Waals surface area (Å²) < 4.78 is 5.20. The number of halogens is 1. The van der Waals surface area contributed by atoms with E-state index in [1.165, 1.54) is 0 Å². The van der Waals surface area contributed by atoms with Gasteiger partial charge in [-0.2, -0.15) is 0 Å². The molecule has 1 aromatic rings. The van der Waals surface area contributed by atoms with Crippen LogP contribution in [0.4, 0.5) is 0 Å². The summed E-state index contributed by atoms with van der Waals surface area (Å²) in [5, 5.41) is 5.94. The van der Waals surface area contributed by atoms with E-state index in [1.54, 1.807) is 7.11 Å². The lowest BCUT2D eigenvalue weighted by Crippen LogP contribution is -2.37. The Kier molecular flexibility index (Phi) is 8.16. The summed E-state index contributed by atoms with van der Waals surface area (Å²) in [6.07, 6.45) is 0.348. The highest BCUT2D eigenvalue weighted by Crippen LogP contribution is 2.17. The maximum Gasteiger partial charge on any atom is 0.224 e. The minimum atomic E-state index is 0. The van der Waals surface area contributed by atoms with E-state index >= 15 is 0 Å². The highest BCUT2D eigenvalue weighted by atomic mass is 35.5. The maximum absolute atomic E-state index is 11.7. The van der Waals surface area contributed by atoms with E-state index in [0.29, 0.717) is 13.0 Å². The number of carbonyl (C=O) groups is 1. The molecule has 18 heavy (non-hydrogen) atoms. The Morgan fingerprint density at radius 1 is 1.39 bits per heavy atom. The molecule has 1 unspecified atom stereocenters. The van der Waals surface area contributed by atoms with Gasteiger partial charge < -0.3 is 15.4 Å². The Balaban J connectivity index is 0.00000289. The van der Waals surface area contributed by atoms with Crippen LogP contribution in [0, 0.1) is 0 Å². The van der Waals surface area contributed by atoms with Crippen LogP contribution in [-0.2, 0) is 11.2 Å². The number of methoxy groups -OCH3 is 1. The van der Waals surface area contributed by atoms with Crippen molar-refractivity contribution in [2.45, 2.75) is 19.4 Å². The first-order chi connectivity index (χ1) is 8.17. The summed E-state index contributed by atoms with van der Waals surface area (Å²) in [6, 6.07) is 7.83. The predicted octanol–water partition coefficient (Wildman–Crippen LogP) is 1.38. The highest BCUT2D eigenvalue weighted by molar-refractivity contribution is 5.85. The largest absolute Gasteiger partial charge is 0.496 e. The van der Waals surface area contributed by atoms with Crippen LogP contribution in [0.25, 0.3) is 0 Å². The molecule has 0 radical (unpaired) electrons. The smallest absolute Gasteiger partial charge is 0.224 e. The normalized spacial score (nSPS) is 11.3. The molecule has 1 atom stereocenters. The van der Waals surface area contributed by atoms with Crippen LogP contribution >= 0.6 is 12.4 Å². The number of hydrogen-bond donors (Lipinski definition) is 2. The van der Waals surface area contributed by atoms with Gasteiger partial charge in [0.1, 0.15) is 5.75 Å². The third-order valence-corrected chi connectivity index (χ3v) is 2.64. The zero-order chi connectivity index (χ0) is 12.7. The number of nitrogens with one attached hydrogen (secondary N) is 2. The molecule has 0 spiro atoms. The van der Waals surface area contributed by atoms with E-state index in [0.717, 1.165) is 11.3 Å². The van der Waals surface area contributed by atoms with Gasteiger partial charge in [-0.3, -0.25) is 4.79 Å². The Labute approximate surface area is 115 Å². The van der Waals surface area contributed by atoms with Crippen molar-refractivity contribution in [1.82, 2.24) is 10.6 Å². The lowest BCUT2D eigenvalue weighted by molar-refractivity contribution is -0.120. The molecule has 1 amide bonds. The zero-order valence-electron chi connectivity index (χ0n) is 11.0.